The number of nitrogens with one attached hydrogen (secondary N) is 1. The second-order valence-electron chi connectivity index (χ2n) is 5.62. The molecule has 26 heavy (non-hydrogen) atoms. The van der Waals surface area contributed by atoms with Crippen LogP contribution in [0.2, 0.25) is 0 Å². The Kier molecular flexibility index (Phi) is 5.43. The number of para-hydroxylation sites is 1. The van der Waals surface area contributed by atoms with Gasteiger partial charge >= 0.3 is 5.97 Å². The van der Waals surface area contributed by atoms with Crippen LogP contribution in [-0.4, -0.2) is 35.3 Å². The van der Waals surface area contributed by atoms with Crippen LogP contribution in [0, 0.1) is 0 Å². The number of nitrogens with zero attached hydrogens (tertiary/aromatic N) is 2. The van der Waals surface area contributed by atoms with Gasteiger partial charge < -0.3 is 10.1 Å². The summed E-state index contributed by atoms with van der Waals surface area (Å²) in [6.07, 6.45) is 1.94. The first-order valence-electron chi connectivity index (χ1n) is 8.24. The van der Waals surface area contributed by atoms with Crippen molar-refractivity contribution in [2.24, 2.45) is 0 Å². The molecule has 132 valence electrons. The van der Waals surface area contributed by atoms with Gasteiger partial charge in [-0.25, -0.2) is 9.48 Å². The normalized spacial score (nSPS) is 10.3. The van der Waals surface area contributed by atoms with Gasteiger partial charge in [-0.1, -0.05) is 36.4 Å². The number of aromatic nitrogens is 2. The monoisotopic (exact) mass is 349 g/mol. The lowest BCUT2D eigenvalue weighted by Gasteiger charge is -2.10. The molecule has 0 spiro atoms. The first kappa shape index (κ1) is 17.4. The first-order chi connectivity index (χ1) is 12.7. The van der Waals surface area contributed by atoms with Gasteiger partial charge in [0.25, 0.3) is 5.91 Å². The van der Waals surface area contributed by atoms with Crippen molar-refractivity contribution in [2.75, 3.05) is 13.7 Å². The molecule has 0 radical (unpaired) electrons. The summed E-state index contributed by atoms with van der Waals surface area (Å²) >= 11 is 0. The number of hydrogen-bond acceptors (Lipinski definition) is 4. The summed E-state index contributed by atoms with van der Waals surface area (Å²) in [5.74, 6) is -0.604. The van der Waals surface area contributed by atoms with E-state index < -0.39 is 5.97 Å². The van der Waals surface area contributed by atoms with Crippen molar-refractivity contribution in [1.82, 2.24) is 15.1 Å². The van der Waals surface area contributed by atoms with E-state index in [0.717, 1.165) is 5.69 Å². The van der Waals surface area contributed by atoms with Crippen molar-refractivity contribution in [1.29, 1.82) is 0 Å². The molecule has 0 aliphatic rings. The first-order valence-corrected chi connectivity index (χ1v) is 8.24. The molecule has 3 aromatic rings. The maximum Gasteiger partial charge on any atom is 0.341 e. The van der Waals surface area contributed by atoms with Gasteiger partial charge in [-0.05, 0) is 24.3 Å². The van der Waals surface area contributed by atoms with Crippen molar-refractivity contribution in [3.63, 3.8) is 0 Å². The van der Waals surface area contributed by atoms with Crippen LogP contribution < -0.4 is 5.32 Å². The number of methoxy groups -OCH3 is 1. The SMILES string of the molecule is COC(=O)c1cnn(-c2ccccc2)c1CCNC(=O)c1ccccc1. The summed E-state index contributed by atoms with van der Waals surface area (Å²) in [7, 11) is 1.34. The summed E-state index contributed by atoms with van der Waals surface area (Å²) in [6, 6.07) is 18.5. The Morgan fingerprint density at radius 3 is 2.35 bits per heavy atom. The highest BCUT2D eigenvalue weighted by Gasteiger charge is 2.19. The van der Waals surface area contributed by atoms with Gasteiger partial charge in [-0.3, -0.25) is 4.79 Å². The Hall–Kier alpha value is -3.41. The summed E-state index contributed by atoms with van der Waals surface area (Å²) in [4.78, 5) is 24.2. The molecule has 1 heterocycles. The van der Waals surface area contributed by atoms with Gasteiger partial charge in [0.2, 0.25) is 0 Å². The fraction of sp³-hybridized carbons (Fsp3) is 0.150. The largest absolute Gasteiger partial charge is 0.465 e. The van der Waals surface area contributed by atoms with Gasteiger partial charge in [0, 0.05) is 18.5 Å². The van der Waals surface area contributed by atoms with E-state index in [0.29, 0.717) is 29.8 Å². The molecule has 3 rings (SSSR count). The van der Waals surface area contributed by atoms with Gasteiger partial charge in [0.05, 0.1) is 24.7 Å². The van der Waals surface area contributed by atoms with Crippen molar-refractivity contribution >= 4 is 11.9 Å². The topological polar surface area (TPSA) is 73.2 Å². The van der Waals surface area contributed by atoms with Crippen LogP contribution in [0.15, 0.2) is 66.9 Å². The van der Waals surface area contributed by atoms with Gasteiger partial charge in [0.15, 0.2) is 0 Å². The fourth-order valence-electron chi connectivity index (χ4n) is 2.67. The lowest BCUT2D eigenvalue weighted by Crippen LogP contribution is -2.26. The minimum atomic E-state index is -0.448. The van der Waals surface area contributed by atoms with E-state index in [1.807, 2.05) is 48.5 Å². The number of benzene rings is 2. The standard InChI is InChI=1S/C20H19N3O3/c1-26-20(25)17-14-22-23(16-10-6-3-7-11-16)18(17)12-13-21-19(24)15-8-4-2-5-9-15/h2-11,14H,12-13H2,1H3,(H,21,24). The molecule has 0 atom stereocenters. The van der Waals surface area contributed by atoms with Crippen LogP contribution in [0.5, 0.6) is 0 Å². The van der Waals surface area contributed by atoms with E-state index in [1.54, 1.807) is 16.8 Å². The van der Waals surface area contributed by atoms with E-state index in [1.165, 1.54) is 13.3 Å². The molecule has 0 bridgehead atoms. The number of esters is 1. The molecule has 0 fully saturated rings. The minimum absolute atomic E-state index is 0.156. The third-order valence-electron chi connectivity index (χ3n) is 3.96. The van der Waals surface area contributed by atoms with Crippen LogP contribution in [0.1, 0.15) is 26.4 Å². The molecule has 6 heteroatoms. The van der Waals surface area contributed by atoms with E-state index in [-0.39, 0.29) is 5.91 Å². The smallest absolute Gasteiger partial charge is 0.341 e. The highest BCUT2D eigenvalue weighted by Crippen LogP contribution is 2.16. The molecule has 6 nitrogen and oxygen atoms in total. The van der Waals surface area contributed by atoms with Crippen LogP contribution >= 0.6 is 0 Å². The van der Waals surface area contributed by atoms with E-state index in [4.69, 9.17) is 4.74 Å². The number of hydrogen-bond donors (Lipinski definition) is 1. The molecule has 2 aromatic carbocycles. The second kappa shape index (κ2) is 8.11. The third-order valence-corrected chi connectivity index (χ3v) is 3.96. The average Bonchev–Trinajstić information content (AvgIpc) is 3.12. The van der Waals surface area contributed by atoms with Gasteiger partial charge in [-0.15, -0.1) is 0 Å². The maximum atomic E-state index is 12.2. The van der Waals surface area contributed by atoms with Crippen LogP contribution in [-0.2, 0) is 11.2 Å². The number of ether oxygens (including phenoxy) is 1. The highest BCUT2D eigenvalue weighted by atomic mass is 16.5. The van der Waals surface area contributed by atoms with Crippen molar-refractivity contribution < 1.29 is 14.3 Å². The lowest BCUT2D eigenvalue weighted by atomic mass is 10.1. The Morgan fingerprint density at radius 2 is 1.69 bits per heavy atom. The Bertz CT molecular complexity index is 889. The minimum Gasteiger partial charge on any atom is -0.465 e. The molecule has 0 unspecified atom stereocenters. The lowest BCUT2D eigenvalue weighted by molar-refractivity contribution is 0.0599. The second-order valence-corrected chi connectivity index (χ2v) is 5.62. The molecular formula is C20H19N3O3. The zero-order chi connectivity index (χ0) is 18.4. The van der Waals surface area contributed by atoms with E-state index >= 15 is 0 Å². The fourth-order valence-corrected chi connectivity index (χ4v) is 2.67. The molecule has 0 saturated heterocycles. The quantitative estimate of drug-likeness (QED) is 0.694. The Morgan fingerprint density at radius 1 is 1.04 bits per heavy atom. The average molecular weight is 349 g/mol. The molecule has 1 aromatic heterocycles. The molecule has 0 aliphatic carbocycles. The van der Waals surface area contributed by atoms with Gasteiger partial charge in [-0.2, -0.15) is 5.10 Å². The van der Waals surface area contributed by atoms with Crippen molar-refractivity contribution in [2.45, 2.75) is 6.42 Å². The molecule has 1 N–H and O–H groups in total. The number of amides is 1. The molecular weight excluding hydrogens is 330 g/mol. The molecule has 0 aliphatic heterocycles. The van der Waals surface area contributed by atoms with E-state index in [2.05, 4.69) is 10.4 Å². The Balaban J connectivity index is 1.78. The molecule has 0 saturated carbocycles. The summed E-state index contributed by atoms with van der Waals surface area (Å²) < 4.78 is 6.54. The van der Waals surface area contributed by atoms with Crippen LogP contribution in [0.25, 0.3) is 5.69 Å². The zero-order valence-corrected chi connectivity index (χ0v) is 14.4. The Labute approximate surface area is 151 Å². The van der Waals surface area contributed by atoms with Gasteiger partial charge in [0.1, 0.15) is 5.56 Å². The summed E-state index contributed by atoms with van der Waals surface area (Å²) in [5.41, 5.74) is 2.52. The zero-order valence-electron chi connectivity index (χ0n) is 14.4. The number of rotatable bonds is 6. The molecule has 1 amide bonds. The number of carbonyl (C=O) groups excluding carboxylic acids is 2. The maximum absolute atomic E-state index is 12.2. The summed E-state index contributed by atoms with van der Waals surface area (Å²) in [5, 5.41) is 7.18. The van der Waals surface area contributed by atoms with Crippen molar-refractivity contribution in [3.8, 4) is 5.69 Å². The number of carbonyl (C=O) groups is 2. The predicted octanol–water partition coefficient (Wildman–Crippen LogP) is 2.63. The summed E-state index contributed by atoms with van der Waals surface area (Å²) in [6.45, 7) is 0.371. The highest BCUT2D eigenvalue weighted by molar-refractivity contribution is 5.94. The van der Waals surface area contributed by atoms with E-state index in [9.17, 15) is 9.59 Å². The van der Waals surface area contributed by atoms with Crippen LogP contribution in [0.3, 0.4) is 0 Å². The van der Waals surface area contributed by atoms with Crippen molar-refractivity contribution in [3.05, 3.63) is 83.7 Å². The third kappa shape index (κ3) is 3.80. The predicted molar refractivity (Wildman–Crippen MR) is 97.4 cm³/mol. The van der Waals surface area contributed by atoms with Crippen LogP contribution in [0.4, 0.5) is 0 Å².